The molecule has 156 valence electrons. The lowest BCUT2D eigenvalue weighted by Crippen LogP contribution is -2.38. The van der Waals surface area contributed by atoms with E-state index in [2.05, 4.69) is 29.2 Å². The Labute approximate surface area is 185 Å². The number of hydrogen-bond donors (Lipinski definition) is 1. The van der Waals surface area contributed by atoms with Gasteiger partial charge in [0.2, 0.25) is 0 Å². The number of rotatable bonds is 4. The summed E-state index contributed by atoms with van der Waals surface area (Å²) in [6.07, 6.45) is 0. The molecule has 0 spiro atoms. The SMILES string of the molecule is COc1ccc(CN2C(=O)c3cccc4cccc(c34)C2c2nc3ccccc3[nH]2)cc1. The fourth-order valence-corrected chi connectivity index (χ4v) is 4.70. The topological polar surface area (TPSA) is 58.2 Å². The molecule has 0 fully saturated rings. The number of imidazole rings is 1. The maximum Gasteiger partial charge on any atom is 0.255 e. The largest absolute Gasteiger partial charge is 0.497 e. The third-order valence-corrected chi connectivity index (χ3v) is 6.21. The second-order valence-electron chi connectivity index (χ2n) is 8.07. The van der Waals surface area contributed by atoms with Crippen LogP contribution in [0.3, 0.4) is 0 Å². The zero-order valence-electron chi connectivity index (χ0n) is 17.6. The summed E-state index contributed by atoms with van der Waals surface area (Å²) in [6.45, 7) is 0.468. The highest BCUT2D eigenvalue weighted by Gasteiger charge is 2.36. The van der Waals surface area contributed by atoms with Crippen LogP contribution in [0.15, 0.2) is 84.9 Å². The van der Waals surface area contributed by atoms with Crippen LogP contribution in [-0.4, -0.2) is 27.9 Å². The third-order valence-electron chi connectivity index (χ3n) is 6.21. The molecule has 5 nitrogen and oxygen atoms in total. The lowest BCUT2D eigenvalue weighted by Gasteiger charge is -2.36. The molecular formula is C27H21N3O2. The Bertz CT molecular complexity index is 1430. The molecule has 0 saturated carbocycles. The second kappa shape index (κ2) is 7.24. The quantitative estimate of drug-likeness (QED) is 0.420. The van der Waals surface area contributed by atoms with Gasteiger partial charge in [0.25, 0.3) is 5.91 Å². The maximum absolute atomic E-state index is 13.8. The van der Waals surface area contributed by atoms with E-state index in [-0.39, 0.29) is 11.9 Å². The highest BCUT2D eigenvalue weighted by Crippen LogP contribution is 2.41. The van der Waals surface area contributed by atoms with Crippen molar-refractivity contribution in [1.29, 1.82) is 0 Å². The molecule has 0 bridgehead atoms. The number of hydrogen-bond acceptors (Lipinski definition) is 3. The summed E-state index contributed by atoms with van der Waals surface area (Å²) in [6, 6.07) is 27.7. The molecule has 0 saturated heterocycles. The first-order chi connectivity index (χ1) is 15.7. The summed E-state index contributed by atoms with van der Waals surface area (Å²) < 4.78 is 5.29. The van der Waals surface area contributed by atoms with Gasteiger partial charge in [0, 0.05) is 17.5 Å². The van der Waals surface area contributed by atoms with E-state index in [4.69, 9.17) is 9.72 Å². The van der Waals surface area contributed by atoms with Gasteiger partial charge in [-0.2, -0.15) is 0 Å². The monoisotopic (exact) mass is 419 g/mol. The number of aromatic amines is 1. The number of carbonyl (C=O) groups excluding carboxylic acids is 1. The molecule has 0 radical (unpaired) electrons. The Morgan fingerprint density at radius 3 is 2.50 bits per heavy atom. The van der Waals surface area contributed by atoms with Crippen LogP contribution < -0.4 is 4.74 Å². The van der Waals surface area contributed by atoms with Gasteiger partial charge in [-0.25, -0.2) is 4.98 Å². The van der Waals surface area contributed by atoms with E-state index in [9.17, 15) is 4.79 Å². The van der Waals surface area contributed by atoms with Crippen molar-refractivity contribution in [2.45, 2.75) is 12.6 Å². The smallest absolute Gasteiger partial charge is 0.255 e. The van der Waals surface area contributed by atoms with Gasteiger partial charge in [-0.15, -0.1) is 0 Å². The lowest BCUT2D eigenvalue weighted by atomic mass is 9.88. The fourth-order valence-electron chi connectivity index (χ4n) is 4.70. The lowest BCUT2D eigenvalue weighted by molar-refractivity contribution is 0.0677. The Morgan fingerprint density at radius 1 is 0.938 bits per heavy atom. The zero-order chi connectivity index (χ0) is 21.7. The molecule has 6 rings (SSSR count). The molecule has 1 aliphatic heterocycles. The summed E-state index contributed by atoms with van der Waals surface area (Å²) in [5, 5.41) is 2.08. The van der Waals surface area contributed by atoms with Gasteiger partial charge in [-0.05, 0) is 46.8 Å². The predicted molar refractivity (Wildman–Crippen MR) is 125 cm³/mol. The van der Waals surface area contributed by atoms with Crippen LogP contribution in [0.25, 0.3) is 21.8 Å². The fraction of sp³-hybridized carbons (Fsp3) is 0.111. The van der Waals surface area contributed by atoms with E-state index in [0.29, 0.717) is 6.54 Å². The minimum absolute atomic E-state index is 0.00979. The van der Waals surface area contributed by atoms with Gasteiger partial charge in [-0.1, -0.05) is 54.6 Å². The van der Waals surface area contributed by atoms with Crippen LogP contribution >= 0.6 is 0 Å². The number of nitrogens with one attached hydrogen (secondary N) is 1. The maximum atomic E-state index is 13.8. The molecule has 1 N–H and O–H groups in total. The van der Waals surface area contributed by atoms with Crippen molar-refractivity contribution >= 4 is 27.7 Å². The van der Waals surface area contributed by atoms with Crippen LogP contribution in [-0.2, 0) is 6.54 Å². The van der Waals surface area contributed by atoms with Crippen LogP contribution in [0, 0.1) is 0 Å². The normalized spacial score (nSPS) is 15.5. The third kappa shape index (κ3) is 2.86. The minimum Gasteiger partial charge on any atom is -0.497 e. The van der Waals surface area contributed by atoms with Crippen molar-refractivity contribution in [1.82, 2.24) is 14.9 Å². The van der Waals surface area contributed by atoms with Gasteiger partial charge in [0.1, 0.15) is 17.6 Å². The standard InChI is InChI=1S/C27H21N3O2/c1-32-19-14-12-17(13-15-19)16-30-25(26-28-22-10-2-3-11-23(22)29-26)20-8-4-6-18-7-5-9-21(24(18)20)27(30)31/h2-15,25H,16H2,1H3,(H,28,29). The van der Waals surface area contributed by atoms with Gasteiger partial charge >= 0.3 is 0 Å². The van der Waals surface area contributed by atoms with Gasteiger partial charge in [-0.3, -0.25) is 4.79 Å². The van der Waals surface area contributed by atoms with E-state index < -0.39 is 0 Å². The Morgan fingerprint density at radius 2 is 1.72 bits per heavy atom. The van der Waals surface area contributed by atoms with Crippen LogP contribution in [0.4, 0.5) is 0 Å². The van der Waals surface area contributed by atoms with Gasteiger partial charge in [0.05, 0.1) is 18.1 Å². The van der Waals surface area contributed by atoms with Crippen LogP contribution in [0.2, 0.25) is 0 Å². The van der Waals surface area contributed by atoms with Crippen molar-refractivity contribution in [3.63, 3.8) is 0 Å². The van der Waals surface area contributed by atoms with Crippen molar-refractivity contribution in [2.75, 3.05) is 7.11 Å². The molecule has 1 atom stereocenters. The number of para-hydroxylation sites is 2. The molecule has 1 amide bonds. The molecule has 1 unspecified atom stereocenters. The predicted octanol–water partition coefficient (Wildman–Crippen LogP) is 5.47. The number of fused-ring (bicyclic) bond motifs is 1. The second-order valence-corrected chi connectivity index (χ2v) is 8.07. The molecule has 2 heterocycles. The molecule has 0 aliphatic carbocycles. The molecule has 4 aromatic carbocycles. The van der Waals surface area contributed by atoms with Gasteiger partial charge in [0.15, 0.2) is 0 Å². The average molecular weight is 419 g/mol. The molecular weight excluding hydrogens is 398 g/mol. The Hall–Kier alpha value is -4.12. The zero-order valence-corrected chi connectivity index (χ0v) is 17.6. The molecule has 5 heteroatoms. The van der Waals surface area contributed by atoms with Crippen LogP contribution in [0.5, 0.6) is 5.75 Å². The first-order valence-corrected chi connectivity index (χ1v) is 10.6. The molecule has 5 aromatic rings. The first-order valence-electron chi connectivity index (χ1n) is 10.6. The number of nitrogens with zero attached hydrogens (tertiary/aromatic N) is 2. The van der Waals surface area contributed by atoms with Gasteiger partial charge < -0.3 is 14.6 Å². The van der Waals surface area contributed by atoms with E-state index >= 15 is 0 Å². The highest BCUT2D eigenvalue weighted by atomic mass is 16.5. The molecule has 1 aliphatic rings. The Kier molecular flexibility index (Phi) is 4.21. The van der Waals surface area contributed by atoms with E-state index in [1.165, 1.54) is 0 Å². The van der Waals surface area contributed by atoms with Crippen LogP contribution in [0.1, 0.15) is 33.4 Å². The number of benzene rings is 4. The van der Waals surface area contributed by atoms with Crippen molar-refractivity contribution < 1.29 is 9.53 Å². The van der Waals surface area contributed by atoms with E-state index in [1.807, 2.05) is 65.6 Å². The molecule has 1 aromatic heterocycles. The first kappa shape index (κ1) is 18.6. The molecule has 32 heavy (non-hydrogen) atoms. The summed E-state index contributed by atoms with van der Waals surface area (Å²) in [5.74, 6) is 1.58. The number of H-pyrrole nitrogens is 1. The minimum atomic E-state index is -0.310. The average Bonchev–Trinajstić information content (AvgIpc) is 3.26. The number of carbonyl (C=O) groups is 1. The van der Waals surface area contributed by atoms with Crippen molar-refractivity contribution in [3.05, 3.63) is 107 Å². The number of aromatic nitrogens is 2. The van der Waals surface area contributed by atoms with Crippen molar-refractivity contribution in [3.8, 4) is 5.75 Å². The van der Waals surface area contributed by atoms with E-state index in [1.54, 1.807) is 7.11 Å². The number of ether oxygens (including phenoxy) is 1. The van der Waals surface area contributed by atoms with E-state index in [0.717, 1.165) is 50.1 Å². The summed E-state index contributed by atoms with van der Waals surface area (Å²) >= 11 is 0. The van der Waals surface area contributed by atoms with Crippen molar-refractivity contribution in [2.24, 2.45) is 0 Å². The number of amides is 1. The Balaban J connectivity index is 1.55. The summed E-state index contributed by atoms with van der Waals surface area (Å²) in [5.41, 5.74) is 4.71. The summed E-state index contributed by atoms with van der Waals surface area (Å²) in [4.78, 5) is 24.1. The number of methoxy groups -OCH3 is 1. The highest BCUT2D eigenvalue weighted by molar-refractivity contribution is 6.10. The summed E-state index contributed by atoms with van der Waals surface area (Å²) in [7, 11) is 1.65.